The summed E-state index contributed by atoms with van der Waals surface area (Å²) < 4.78 is 0. The maximum absolute atomic E-state index is 10.6. The number of carbonyl (C=O) groups is 1. The molecule has 0 fully saturated rings. The minimum absolute atomic E-state index is 0.0251. The van der Waals surface area contributed by atoms with E-state index in [1.165, 1.54) is 0 Å². The second-order valence-electron chi connectivity index (χ2n) is 3.21. The van der Waals surface area contributed by atoms with Crippen molar-refractivity contribution in [2.24, 2.45) is 5.73 Å². The zero-order valence-electron chi connectivity index (χ0n) is 8.32. The number of nitrogens with zero attached hydrogens (tertiary/aromatic N) is 2. The zero-order chi connectivity index (χ0) is 10.6. The molecule has 1 amide bonds. The Bertz CT molecular complexity index is 326. The Hall–Kier alpha value is -1.65. The van der Waals surface area contributed by atoms with Crippen molar-refractivity contribution < 1.29 is 4.79 Å². The van der Waals surface area contributed by atoms with E-state index in [2.05, 4.69) is 15.3 Å². The molecular weight excluding hydrogens is 180 g/mol. The Labute approximate surface area is 82.7 Å². The van der Waals surface area contributed by atoms with E-state index in [0.29, 0.717) is 5.82 Å². The second-order valence-corrected chi connectivity index (χ2v) is 3.21. The molecule has 0 aliphatic carbocycles. The maximum Gasteiger partial charge on any atom is 0.219 e. The molecule has 1 aromatic heterocycles. The summed E-state index contributed by atoms with van der Waals surface area (Å²) in [7, 11) is 0. The maximum atomic E-state index is 10.6. The van der Waals surface area contributed by atoms with Gasteiger partial charge in [-0.05, 0) is 13.8 Å². The van der Waals surface area contributed by atoms with Gasteiger partial charge in [0.25, 0.3) is 0 Å². The van der Waals surface area contributed by atoms with Crippen LogP contribution in [0.25, 0.3) is 0 Å². The molecule has 1 aromatic rings. The van der Waals surface area contributed by atoms with Crippen molar-refractivity contribution in [3.8, 4) is 0 Å². The first-order valence-corrected chi connectivity index (χ1v) is 4.42. The summed E-state index contributed by atoms with van der Waals surface area (Å²) in [5.74, 6) is 0.368. The first-order chi connectivity index (χ1) is 6.59. The van der Waals surface area contributed by atoms with Gasteiger partial charge >= 0.3 is 0 Å². The summed E-state index contributed by atoms with van der Waals surface area (Å²) in [6.07, 6.45) is 3.52. The fourth-order valence-electron chi connectivity index (χ4n) is 1.14. The Morgan fingerprint density at radius 2 is 2.21 bits per heavy atom. The molecule has 1 heterocycles. The number of primary amides is 1. The number of amides is 1. The second kappa shape index (κ2) is 4.55. The van der Waals surface area contributed by atoms with E-state index in [4.69, 9.17) is 5.73 Å². The third-order valence-electron chi connectivity index (χ3n) is 1.77. The van der Waals surface area contributed by atoms with E-state index in [1.807, 2.05) is 13.8 Å². The molecule has 0 saturated heterocycles. The third kappa shape index (κ3) is 3.01. The molecule has 3 N–H and O–H groups in total. The smallest absolute Gasteiger partial charge is 0.219 e. The van der Waals surface area contributed by atoms with Gasteiger partial charge in [-0.2, -0.15) is 0 Å². The largest absolute Gasteiger partial charge is 0.370 e. The lowest BCUT2D eigenvalue weighted by molar-refractivity contribution is -0.118. The van der Waals surface area contributed by atoms with Crippen LogP contribution in [0, 0.1) is 6.92 Å². The number of nitrogens with one attached hydrogen (secondary N) is 1. The van der Waals surface area contributed by atoms with Crippen LogP contribution in [0.3, 0.4) is 0 Å². The number of anilines is 1. The van der Waals surface area contributed by atoms with Crippen molar-refractivity contribution in [1.82, 2.24) is 9.97 Å². The molecule has 0 saturated carbocycles. The molecule has 0 bridgehead atoms. The van der Waals surface area contributed by atoms with E-state index in [0.717, 1.165) is 5.69 Å². The van der Waals surface area contributed by atoms with Crippen LogP contribution in [0.2, 0.25) is 0 Å². The Balaban J connectivity index is 2.60. The highest BCUT2D eigenvalue weighted by Crippen LogP contribution is 2.08. The first kappa shape index (κ1) is 10.4. The van der Waals surface area contributed by atoms with Gasteiger partial charge < -0.3 is 11.1 Å². The van der Waals surface area contributed by atoms with Crippen LogP contribution in [-0.4, -0.2) is 21.9 Å². The van der Waals surface area contributed by atoms with Crippen LogP contribution in [0.1, 0.15) is 19.0 Å². The topological polar surface area (TPSA) is 80.9 Å². The standard InChI is InChI=1S/C9H14N4O/c1-6(5-8(10)14)13-9-7(2)11-3-4-12-9/h3-4,6H,5H2,1-2H3,(H2,10,14)(H,12,13). The van der Waals surface area contributed by atoms with E-state index in [1.54, 1.807) is 12.4 Å². The fourth-order valence-corrected chi connectivity index (χ4v) is 1.14. The van der Waals surface area contributed by atoms with Crippen molar-refractivity contribution in [2.45, 2.75) is 26.3 Å². The van der Waals surface area contributed by atoms with Crippen molar-refractivity contribution in [3.05, 3.63) is 18.1 Å². The molecule has 0 aliphatic heterocycles. The van der Waals surface area contributed by atoms with Gasteiger partial charge in [0.2, 0.25) is 5.91 Å². The van der Waals surface area contributed by atoms with Gasteiger partial charge in [0.1, 0.15) is 5.82 Å². The molecule has 1 rings (SSSR count). The summed E-state index contributed by atoms with van der Waals surface area (Å²) in [5, 5.41) is 3.07. The van der Waals surface area contributed by atoms with Gasteiger partial charge in [-0.15, -0.1) is 0 Å². The minimum atomic E-state index is -0.327. The summed E-state index contributed by atoms with van der Waals surface area (Å²) >= 11 is 0. The molecule has 76 valence electrons. The van der Waals surface area contributed by atoms with Crippen LogP contribution in [-0.2, 0) is 4.79 Å². The van der Waals surface area contributed by atoms with Crippen LogP contribution in [0.5, 0.6) is 0 Å². The van der Waals surface area contributed by atoms with Gasteiger partial charge in [0, 0.05) is 24.9 Å². The molecule has 5 nitrogen and oxygen atoms in total. The summed E-state index contributed by atoms with van der Waals surface area (Å²) in [6, 6.07) is -0.0251. The average molecular weight is 194 g/mol. The van der Waals surface area contributed by atoms with Gasteiger partial charge in [0.15, 0.2) is 0 Å². The summed E-state index contributed by atoms with van der Waals surface area (Å²) in [4.78, 5) is 18.8. The van der Waals surface area contributed by atoms with Crippen molar-refractivity contribution >= 4 is 11.7 Å². The van der Waals surface area contributed by atoms with Gasteiger partial charge in [-0.1, -0.05) is 0 Å². The fraction of sp³-hybridized carbons (Fsp3) is 0.444. The van der Waals surface area contributed by atoms with Gasteiger partial charge in [-0.3, -0.25) is 9.78 Å². The third-order valence-corrected chi connectivity index (χ3v) is 1.77. The van der Waals surface area contributed by atoms with E-state index in [-0.39, 0.29) is 18.4 Å². The summed E-state index contributed by atoms with van der Waals surface area (Å²) in [6.45, 7) is 3.73. The van der Waals surface area contributed by atoms with Crippen molar-refractivity contribution in [3.63, 3.8) is 0 Å². The average Bonchev–Trinajstić information content (AvgIpc) is 2.07. The Morgan fingerprint density at radius 3 is 2.79 bits per heavy atom. The molecule has 0 radical (unpaired) electrons. The number of aromatic nitrogens is 2. The molecular formula is C9H14N4O. The molecule has 0 spiro atoms. The Morgan fingerprint density at radius 1 is 1.57 bits per heavy atom. The zero-order valence-corrected chi connectivity index (χ0v) is 8.32. The van der Waals surface area contributed by atoms with Crippen LogP contribution in [0.15, 0.2) is 12.4 Å². The molecule has 1 atom stereocenters. The molecule has 1 unspecified atom stereocenters. The number of hydrogen-bond acceptors (Lipinski definition) is 4. The Kier molecular flexibility index (Phi) is 3.39. The monoisotopic (exact) mass is 194 g/mol. The predicted molar refractivity (Wildman–Crippen MR) is 53.7 cm³/mol. The normalized spacial score (nSPS) is 12.1. The lowest BCUT2D eigenvalue weighted by atomic mass is 10.2. The predicted octanol–water partition coefficient (Wildman–Crippen LogP) is 0.461. The number of rotatable bonds is 4. The molecule has 5 heteroatoms. The van der Waals surface area contributed by atoms with Crippen molar-refractivity contribution in [1.29, 1.82) is 0 Å². The highest BCUT2D eigenvalue weighted by molar-refractivity contribution is 5.74. The minimum Gasteiger partial charge on any atom is -0.370 e. The number of aryl methyl sites for hydroxylation is 1. The highest BCUT2D eigenvalue weighted by atomic mass is 16.1. The molecule has 0 aliphatic rings. The summed E-state index contributed by atoms with van der Waals surface area (Å²) in [5.41, 5.74) is 5.88. The van der Waals surface area contributed by atoms with Crippen molar-refractivity contribution in [2.75, 3.05) is 5.32 Å². The lowest BCUT2D eigenvalue weighted by Gasteiger charge is -2.13. The number of nitrogens with two attached hydrogens (primary N) is 1. The highest BCUT2D eigenvalue weighted by Gasteiger charge is 2.07. The molecule has 14 heavy (non-hydrogen) atoms. The first-order valence-electron chi connectivity index (χ1n) is 4.42. The van der Waals surface area contributed by atoms with Gasteiger partial charge in [-0.25, -0.2) is 4.98 Å². The number of carbonyl (C=O) groups excluding carboxylic acids is 1. The van der Waals surface area contributed by atoms with Crippen LogP contribution < -0.4 is 11.1 Å². The van der Waals surface area contributed by atoms with Gasteiger partial charge in [0.05, 0.1) is 5.69 Å². The SMILES string of the molecule is Cc1nccnc1NC(C)CC(N)=O. The van der Waals surface area contributed by atoms with E-state index < -0.39 is 0 Å². The van der Waals surface area contributed by atoms with E-state index in [9.17, 15) is 4.79 Å². The van der Waals surface area contributed by atoms with Crippen LogP contribution in [0.4, 0.5) is 5.82 Å². The van der Waals surface area contributed by atoms with E-state index >= 15 is 0 Å². The van der Waals surface area contributed by atoms with Crippen LogP contribution >= 0.6 is 0 Å². The quantitative estimate of drug-likeness (QED) is 0.729. The molecule has 0 aromatic carbocycles. The lowest BCUT2D eigenvalue weighted by Crippen LogP contribution is -2.24. The number of hydrogen-bond donors (Lipinski definition) is 2.